The molecule has 23 heavy (non-hydrogen) atoms. The third kappa shape index (κ3) is 4.12. The van der Waals surface area contributed by atoms with Gasteiger partial charge in [0.1, 0.15) is 5.69 Å². The molecule has 6 heteroatoms. The molecule has 118 valence electrons. The van der Waals surface area contributed by atoms with Gasteiger partial charge in [0.25, 0.3) is 0 Å². The molecule has 2 heterocycles. The highest BCUT2D eigenvalue weighted by Gasteiger charge is 2.14. The van der Waals surface area contributed by atoms with Crippen molar-refractivity contribution in [3.63, 3.8) is 0 Å². The molecule has 3 aromatic rings. The van der Waals surface area contributed by atoms with E-state index in [4.69, 9.17) is 4.74 Å². The van der Waals surface area contributed by atoms with E-state index in [9.17, 15) is 0 Å². The number of hydrogen-bond acceptors (Lipinski definition) is 6. The molecular formula is C17H18N4OS. The van der Waals surface area contributed by atoms with E-state index in [1.165, 1.54) is 5.56 Å². The van der Waals surface area contributed by atoms with E-state index in [1.807, 2.05) is 36.4 Å². The van der Waals surface area contributed by atoms with Gasteiger partial charge in [-0.1, -0.05) is 47.7 Å². The lowest BCUT2D eigenvalue weighted by Gasteiger charge is -2.20. The Labute approximate surface area is 139 Å². The molecule has 0 aliphatic heterocycles. The van der Waals surface area contributed by atoms with Gasteiger partial charge in [0, 0.05) is 26.4 Å². The van der Waals surface area contributed by atoms with Crippen molar-refractivity contribution in [3.8, 4) is 10.7 Å². The molecule has 0 aliphatic rings. The Morgan fingerprint density at radius 2 is 1.87 bits per heavy atom. The van der Waals surface area contributed by atoms with Gasteiger partial charge in [-0.05, 0) is 17.7 Å². The van der Waals surface area contributed by atoms with E-state index in [-0.39, 0.29) is 0 Å². The number of anilines is 1. The van der Waals surface area contributed by atoms with Crippen LogP contribution in [0.3, 0.4) is 0 Å². The molecule has 0 N–H and O–H groups in total. The Morgan fingerprint density at radius 3 is 2.61 bits per heavy atom. The lowest BCUT2D eigenvalue weighted by molar-refractivity contribution is 0.205. The standard InChI is InChI=1S/C17H18N4OS/c1-22-12-11-21(13-14-7-3-2-4-8-14)17-20-19-16(23-17)15-9-5-6-10-18-15/h2-10H,11-13H2,1H3. The zero-order chi connectivity index (χ0) is 15.9. The van der Waals surface area contributed by atoms with Crippen LogP contribution in [0.5, 0.6) is 0 Å². The molecular weight excluding hydrogens is 308 g/mol. The lowest BCUT2D eigenvalue weighted by Crippen LogP contribution is -2.26. The quantitative estimate of drug-likeness (QED) is 0.667. The van der Waals surface area contributed by atoms with Gasteiger partial charge in [-0.3, -0.25) is 4.98 Å². The molecule has 0 unspecified atom stereocenters. The molecule has 3 rings (SSSR count). The highest BCUT2D eigenvalue weighted by atomic mass is 32.1. The molecule has 0 aliphatic carbocycles. The summed E-state index contributed by atoms with van der Waals surface area (Å²) >= 11 is 1.55. The zero-order valence-corrected chi connectivity index (χ0v) is 13.7. The average molecular weight is 326 g/mol. The maximum atomic E-state index is 5.23. The normalized spacial score (nSPS) is 10.7. The Bertz CT molecular complexity index is 718. The van der Waals surface area contributed by atoms with Crippen LogP contribution < -0.4 is 4.90 Å². The zero-order valence-electron chi connectivity index (χ0n) is 12.9. The molecule has 0 bridgehead atoms. The number of ether oxygens (including phenoxy) is 1. The molecule has 5 nitrogen and oxygen atoms in total. The van der Waals surface area contributed by atoms with Crippen molar-refractivity contribution in [2.24, 2.45) is 0 Å². The number of nitrogens with zero attached hydrogens (tertiary/aromatic N) is 4. The van der Waals surface area contributed by atoms with E-state index in [0.717, 1.165) is 28.9 Å². The first-order chi connectivity index (χ1) is 11.4. The summed E-state index contributed by atoms with van der Waals surface area (Å²) in [7, 11) is 1.71. The number of rotatable bonds is 7. The molecule has 0 spiro atoms. The van der Waals surface area contributed by atoms with Crippen LogP contribution in [0.2, 0.25) is 0 Å². The number of aromatic nitrogens is 3. The van der Waals surface area contributed by atoms with E-state index >= 15 is 0 Å². The maximum absolute atomic E-state index is 5.23. The first kappa shape index (κ1) is 15.6. The second-order valence-electron chi connectivity index (χ2n) is 5.00. The molecule has 0 amide bonds. The van der Waals surface area contributed by atoms with Gasteiger partial charge in [-0.25, -0.2) is 0 Å². The number of benzene rings is 1. The second-order valence-corrected chi connectivity index (χ2v) is 5.96. The fraction of sp³-hybridized carbons (Fsp3) is 0.235. The fourth-order valence-electron chi connectivity index (χ4n) is 2.18. The van der Waals surface area contributed by atoms with Crippen molar-refractivity contribution < 1.29 is 4.74 Å². The van der Waals surface area contributed by atoms with Crippen LogP contribution in [-0.2, 0) is 11.3 Å². The monoisotopic (exact) mass is 326 g/mol. The van der Waals surface area contributed by atoms with Crippen molar-refractivity contribution in [1.82, 2.24) is 15.2 Å². The smallest absolute Gasteiger partial charge is 0.209 e. The first-order valence-electron chi connectivity index (χ1n) is 7.39. The molecule has 0 radical (unpaired) electrons. The number of pyridine rings is 1. The Morgan fingerprint density at radius 1 is 1.04 bits per heavy atom. The van der Waals surface area contributed by atoms with E-state index in [2.05, 4.69) is 32.2 Å². The lowest BCUT2D eigenvalue weighted by atomic mass is 10.2. The van der Waals surface area contributed by atoms with Crippen LogP contribution in [0.15, 0.2) is 54.7 Å². The summed E-state index contributed by atoms with van der Waals surface area (Å²) in [6, 6.07) is 16.1. The van der Waals surface area contributed by atoms with Crippen molar-refractivity contribution in [3.05, 3.63) is 60.3 Å². The summed E-state index contributed by atoms with van der Waals surface area (Å²) in [6.07, 6.45) is 1.77. The van der Waals surface area contributed by atoms with Crippen LogP contribution in [-0.4, -0.2) is 35.4 Å². The van der Waals surface area contributed by atoms with Crippen molar-refractivity contribution in [2.45, 2.75) is 6.54 Å². The van der Waals surface area contributed by atoms with Gasteiger partial charge in [-0.2, -0.15) is 0 Å². The van der Waals surface area contributed by atoms with Crippen LogP contribution >= 0.6 is 11.3 Å². The van der Waals surface area contributed by atoms with Crippen LogP contribution in [0.4, 0.5) is 5.13 Å². The third-order valence-corrected chi connectivity index (χ3v) is 4.36. The topological polar surface area (TPSA) is 51.1 Å². The molecule has 0 fully saturated rings. The predicted octanol–water partition coefficient (Wildman–Crippen LogP) is 3.25. The SMILES string of the molecule is COCCN(Cc1ccccc1)c1nnc(-c2ccccn2)s1. The van der Waals surface area contributed by atoms with Gasteiger partial charge >= 0.3 is 0 Å². The number of methoxy groups -OCH3 is 1. The maximum Gasteiger partial charge on any atom is 0.209 e. The summed E-state index contributed by atoms with van der Waals surface area (Å²) in [4.78, 5) is 6.52. The van der Waals surface area contributed by atoms with Crippen LogP contribution in [0.1, 0.15) is 5.56 Å². The molecule has 0 saturated carbocycles. The minimum Gasteiger partial charge on any atom is -0.383 e. The van der Waals surface area contributed by atoms with Gasteiger partial charge in [0.2, 0.25) is 5.13 Å². The van der Waals surface area contributed by atoms with Gasteiger partial charge in [0.05, 0.1) is 6.61 Å². The minimum atomic E-state index is 0.644. The van der Waals surface area contributed by atoms with Crippen molar-refractivity contribution in [1.29, 1.82) is 0 Å². The van der Waals surface area contributed by atoms with Crippen molar-refractivity contribution >= 4 is 16.5 Å². The minimum absolute atomic E-state index is 0.644. The van der Waals surface area contributed by atoms with Gasteiger partial charge in [-0.15, -0.1) is 10.2 Å². The Kier molecular flexibility index (Phi) is 5.29. The van der Waals surface area contributed by atoms with E-state index in [1.54, 1.807) is 24.6 Å². The third-order valence-electron chi connectivity index (χ3n) is 3.35. The predicted molar refractivity (Wildman–Crippen MR) is 92.5 cm³/mol. The summed E-state index contributed by atoms with van der Waals surface area (Å²) in [5, 5.41) is 10.3. The van der Waals surface area contributed by atoms with E-state index in [0.29, 0.717) is 6.61 Å². The first-order valence-corrected chi connectivity index (χ1v) is 8.21. The summed E-state index contributed by atoms with van der Waals surface area (Å²) < 4.78 is 5.23. The van der Waals surface area contributed by atoms with Crippen LogP contribution in [0, 0.1) is 0 Å². The highest BCUT2D eigenvalue weighted by molar-refractivity contribution is 7.18. The average Bonchev–Trinajstić information content (AvgIpc) is 3.10. The van der Waals surface area contributed by atoms with Crippen molar-refractivity contribution in [2.75, 3.05) is 25.2 Å². The summed E-state index contributed by atoms with van der Waals surface area (Å²) in [5.41, 5.74) is 2.08. The van der Waals surface area contributed by atoms with Gasteiger partial charge in [0.15, 0.2) is 5.01 Å². The molecule has 1 aromatic carbocycles. The second kappa shape index (κ2) is 7.80. The Hall–Kier alpha value is -2.31. The fourth-order valence-corrected chi connectivity index (χ4v) is 3.03. The molecule has 0 atom stereocenters. The number of hydrogen-bond donors (Lipinski definition) is 0. The highest BCUT2D eigenvalue weighted by Crippen LogP contribution is 2.28. The summed E-state index contributed by atoms with van der Waals surface area (Å²) in [6.45, 7) is 2.19. The molecule has 2 aromatic heterocycles. The van der Waals surface area contributed by atoms with E-state index < -0.39 is 0 Å². The van der Waals surface area contributed by atoms with Crippen LogP contribution in [0.25, 0.3) is 10.7 Å². The molecule has 0 saturated heterocycles. The largest absolute Gasteiger partial charge is 0.383 e. The Balaban J connectivity index is 1.81. The van der Waals surface area contributed by atoms with Gasteiger partial charge < -0.3 is 9.64 Å². The summed E-state index contributed by atoms with van der Waals surface area (Å²) in [5.74, 6) is 0.